The van der Waals surface area contributed by atoms with E-state index in [1.54, 1.807) is 12.1 Å². The standard InChI is InChI=1S/C20H16F2N4O2S/c1-2-9-26-19(27)15-10-14(22)7-8-16(15)23-20(26)29-11-17-24-18(25-28-17)12-3-5-13(21)6-4-12/h3-8,10H,2,9,11H2,1H3. The van der Waals surface area contributed by atoms with E-state index in [0.717, 1.165) is 6.42 Å². The van der Waals surface area contributed by atoms with Crippen LogP contribution in [0.3, 0.4) is 0 Å². The van der Waals surface area contributed by atoms with Gasteiger partial charge in [0.05, 0.1) is 16.7 Å². The largest absolute Gasteiger partial charge is 0.338 e. The Balaban J connectivity index is 1.61. The highest BCUT2D eigenvalue weighted by Crippen LogP contribution is 2.24. The van der Waals surface area contributed by atoms with E-state index in [2.05, 4.69) is 15.1 Å². The average Bonchev–Trinajstić information content (AvgIpc) is 3.19. The van der Waals surface area contributed by atoms with Crippen molar-refractivity contribution in [2.75, 3.05) is 0 Å². The van der Waals surface area contributed by atoms with Crippen LogP contribution in [0.2, 0.25) is 0 Å². The first-order valence-corrected chi connectivity index (χ1v) is 9.95. The molecule has 0 saturated carbocycles. The van der Waals surface area contributed by atoms with Crippen LogP contribution in [0.1, 0.15) is 19.2 Å². The van der Waals surface area contributed by atoms with Crippen molar-refractivity contribution in [1.82, 2.24) is 19.7 Å². The van der Waals surface area contributed by atoms with Gasteiger partial charge in [0.1, 0.15) is 11.6 Å². The van der Waals surface area contributed by atoms with Crippen molar-refractivity contribution in [3.05, 3.63) is 70.3 Å². The third-order valence-corrected chi connectivity index (χ3v) is 5.18. The highest BCUT2D eigenvalue weighted by atomic mass is 32.2. The van der Waals surface area contributed by atoms with E-state index in [4.69, 9.17) is 4.52 Å². The topological polar surface area (TPSA) is 73.8 Å². The first kappa shape index (κ1) is 19.3. The summed E-state index contributed by atoms with van der Waals surface area (Å²) in [6.45, 7) is 2.41. The molecule has 0 saturated heterocycles. The highest BCUT2D eigenvalue weighted by molar-refractivity contribution is 7.98. The minimum atomic E-state index is -0.473. The molecule has 0 fully saturated rings. The Labute approximate surface area is 168 Å². The summed E-state index contributed by atoms with van der Waals surface area (Å²) < 4.78 is 33.4. The van der Waals surface area contributed by atoms with E-state index in [0.29, 0.717) is 40.2 Å². The van der Waals surface area contributed by atoms with E-state index in [1.807, 2.05) is 6.92 Å². The number of rotatable bonds is 6. The molecule has 4 rings (SSSR count). The number of hydrogen-bond acceptors (Lipinski definition) is 6. The maximum atomic E-state index is 13.5. The number of hydrogen-bond donors (Lipinski definition) is 0. The van der Waals surface area contributed by atoms with Crippen LogP contribution in [-0.2, 0) is 12.3 Å². The summed E-state index contributed by atoms with van der Waals surface area (Å²) in [6, 6.07) is 9.77. The summed E-state index contributed by atoms with van der Waals surface area (Å²) in [5, 5.41) is 4.66. The molecule has 0 unspecified atom stereocenters. The summed E-state index contributed by atoms with van der Waals surface area (Å²) in [5.74, 6) is 0.194. The number of benzene rings is 2. The SMILES string of the molecule is CCCn1c(SCc2nc(-c3ccc(F)cc3)no2)nc2ccc(F)cc2c1=O. The molecule has 0 bridgehead atoms. The highest BCUT2D eigenvalue weighted by Gasteiger charge is 2.15. The summed E-state index contributed by atoms with van der Waals surface area (Å²) in [7, 11) is 0. The Morgan fingerprint density at radius 3 is 2.59 bits per heavy atom. The Kier molecular flexibility index (Phi) is 5.39. The zero-order valence-corrected chi connectivity index (χ0v) is 16.2. The molecule has 2 aromatic heterocycles. The lowest BCUT2D eigenvalue weighted by Gasteiger charge is -2.11. The minimum absolute atomic E-state index is 0.249. The summed E-state index contributed by atoms with van der Waals surface area (Å²) in [5.41, 5.74) is 0.792. The Morgan fingerprint density at radius 2 is 1.83 bits per heavy atom. The van der Waals surface area contributed by atoms with Crippen LogP contribution in [0.25, 0.3) is 22.3 Å². The van der Waals surface area contributed by atoms with Crippen LogP contribution in [0.5, 0.6) is 0 Å². The third kappa shape index (κ3) is 4.04. The summed E-state index contributed by atoms with van der Waals surface area (Å²) in [6.07, 6.45) is 0.727. The maximum absolute atomic E-state index is 13.5. The summed E-state index contributed by atoms with van der Waals surface area (Å²) >= 11 is 1.29. The second-order valence-corrected chi connectivity index (χ2v) is 7.26. The molecule has 4 aromatic rings. The van der Waals surface area contributed by atoms with Crippen molar-refractivity contribution in [1.29, 1.82) is 0 Å². The molecule has 0 radical (unpaired) electrons. The van der Waals surface area contributed by atoms with E-state index in [-0.39, 0.29) is 16.8 Å². The second-order valence-electron chi connectivity index (χ2n) is 6.32. The van der Waals surface area contributed by atoms with Gasteiger partial charge in [-0.3, -0.25) is 9.36 Å². The van der Waals surface area contributed by atoms with Crippen LogP contribution in [-0.4, -0.2) is 19.7 Å². The van der Waals surface area contributed by atoms with E-state index < -0.39 is 5.82 Å². The lowest BCUT2D eigenvalue weighted by Crippen LogP contribution is -2.23. The second kappa shape index (κ2) is 8.12. The average molecular weight is 414 g/mol. The molecular formula is C20H16F2N4O2S. The van der Waals surface area contributed by atoms with Crippen molar-refractivity contribution in [3.63, 3.8) is 0 Å². The van der Waals surface area contributed by atoms with Crippen LogP contribution < -0.4 is 5.56 Å². The predicted octanol–water partition coefficient (Wildman–Crippen LogP) is 4.43. The Morgan fingerprint density at radius 1 is 1.07 bits per heavy atom. The van der Waals surface area contributed by atoms with Gasteiger partial charge >= 0.3 is 0 Å². The number of fused-ring (bicyclic) bond motifs is 1. The first-order valence-electron chi connectivity index (χ1n) is 8.96. The molecule has 29 heavy (non-hydrogen) atoms. The third-order valence-electron chi connectivity index (χ3n) is 4.22. The van der Waals surface area contributed by atoms with Crippen molar-refractivity contribution in [3.8, 4) is 11.4 Å². The number of aromatic nitrogens is 4. The van der Waals surface area contributed by atoms with Crippen molar-refractivity contribution >= 4 is 22.7 Å². The molecule has 0 aliphatic rings. The van der Waals surface area contributed by atoms with Crippen molar-refractivity contribution in [2.45, 2.75) is 30.8 Å². The van der Waals surface area contributed by atoms with Gasteiger partial charge in [0.2, 0.25) is 11.7 Å². The normalized spacial score (nSPS) is 11.3. The van der Waals surface area contributed by atoms with Crippen LogP contribution in [0.15, 0.2) is 56.9 Å². The van der Waals surface area contributed by atoms with Crippen molar-refractivity contribution in [2.24, 2.45) is 0 Å². The fourth-order valence-corrected chi connectivity index (χ4v) is 3.72. The molecule has 0 N–H and O–H groups in total. The fraction of sp³-hybridized carbons (Fsp3) is 0.200. The van der Waals surface area contributed by atoms with Gasteiger partial charge in [-0.25, -0.2) is 13.8 Å². The van der Waals surface area contributed by atoms with Crippen LogP contribution >= 0.6 is 11.8 Å². The fourth-order valence-electron chi connectivity index (χ4n) is 2.86. The van der Waals surface area contributed by atoms with E-state index in [9.17, 15) is 13.6 Å². The van der Waals surface area contributed by atoms with Crippen molar-refractivity contribution < 1.29 is 13.3 Å². The molecule has 0 amide bonds. The molecule has 0 aliphatic carbocycles. The zero-order chi connectivity index (χ0) is 20.4. The quantitative estimate of drug-likeness (QED) is 0.343. The molecule has 0 aliphatic heterocycles. The number of halogens is 2. The minimum Gasteiger partial charge on any atom is -0.338 e. The Bertz CT molecular complexity index is 1220. The van der Waals surface area contributed by atoms with Crippen LogP contribution in [0, 0.1) is 11.6 Å². The van der Waals surface area contributed by atoms with Gasteiger partial charge in [-0.2, -0.15) is 4.98 Å². The molecule has 9 heteroatoms. The van der Waals surface area contributed by atoms with Gasteiger partial charge < -0.3 is 4.52 Å². The van der Waals surface area contributed by atoms with E-state index >= 15 is 0 Å². The molecule has 2 heterocycles. The molecule has 0 atom stereocenters. The maximum Gasteiger partial charge on any atom is 0.262 e. The van der Waals surface area contributed by atoms with E-state index in [1.165, 1.54) is 46.7 Å². The molecule has 6 nitrogen and oxygen atoms in total. The van der Waals surface area contributed by atoms with Gasteiger partial charge in [0.15, 0.2) is 5.16 Å². The van der Waals surface area contributed by atoms with Gasteiger partial charge in [-0.05, 0) is 48.9 Å². The lowest BCUT2D eigenvalue weighted by molar-refractivity contribution is 0.391. The van der Waals surface area contributed by atoms with Gasteiger partial charge in [0, 0.05) is 12.1 Å². The predicted molar refractivity (Wildman–Crippen MR) is 106 cm³/mol. The van der Waals surface area contributed by atoms with Crippen LogP contribution in [0.4, 0.5) is 8.78 Å². The molecular weight excluding hydrogens is 398 g/mol. The number of nitrogens with zero attached hydrogens (tertiary/aromatic N) is 4. The molecule has 148 valence electrons. The lowest BCUT2D eigenvalue weighted by atomic mass is 10.2. The zero-order valence-electron chi connectivity index (χ0n) is 15.4. The monoisotopic (exact) mass is 414 g/mol. The Hall–Kier alpha value is -3.07. The molecule has 2 aromatic carbocycles. The smallest absolute Gasteiger partial charge is 0.262 e. The first-order chi connectivity index (χ1) is 14.0. The number of thioether (sulfide) groups is 1. The molecule has 0 spiro atoms. The van der Waals surface area contributed by atoms with Gasteiger partial charge in [-0.1, -0.05) is 23.8 Å². The van der Waals surface area contributed by atoms with Gasteiger partial charge in [0.25, 0.3) is 5.56 Å². The van der Waals surface area contributed by atoms with Gasteiger partial charge in [-0.15, -0.1) is 0 Å². The summed E-state index contributed by atoms with van der Waals surface area (Å²) in [4.78, 5) is 21.6.